The van der Waals surface area contributed by atoms with Crippen LogP contribution >= 0.6 is 0 Å². The number of likely N-dealkylation sites (tertiary alicyclic amines) is 1. The average molecular weight is 269 g/mol. The van der Waals surface area contributed by atoms with Crippen LogP contribution in [0.25, 0.3) is 0 Å². The van der Waals surface area contributed by atoms with Gasteiger partial charge in [0.25, 0.3) is 0 Å². The molecule has 19 heavy (non-hydrogen) atoms. The minimum Gasteiger partial charge on any atom is -0.481 e. The number of hydrogen-bond acceptors (Lipinski definition) is 3. The largest absolute Gasteiger partial charge is 0.481 e. The van der Waals surface area contributed by atoms with Crippen molar-refractivity contribution >= 4 is 11.9 Å². The molecule has 0 spiro atoms. The van der Waals surface area contributed by atoms with Gasteiger partial charge in [-0.3, -0.25) is 9.59 Å². The number of carbonyl (C=O) groups is 2. The molecule has 2 rings (SSSR count). The molecule has 2 aliphatic heterocycles. The second-order valence-corrected chi connectivity index (χ2v) is 5.54. The summed E-state index contributed by atoms with van der Waals surface area (Å²) in [5.41, 5.74) is 0. The summed E-state index contributed by atoms with van der Waals surface area (Å²) in [7, 11) is 0. The lowest BCUT2D eigenvalue weighted by molar-refractivity contribution is -0.145. The first-order valence-electron chi connectivity index (χ1n) is 7.29. The zero-order chi connectivity index (χ0) is 13.7. The van der Waals surface area contributed by atoms with E-state index in [0.29, 0.717) is 25.9 Å². The number of aliphatic carboxylic acids is 1. The van der Waals surface area contributed by atoms with E-state index in [-0.39, 0.29) is 17.9 Å². The van der Waals surface area contributed by atoms with Crippen molar-refractivity contribution < 1.29 is 19.4 Å². The molecule has 0 bridgehead atoms. The van der Waals surface area contributed by atoms with E-state index in [1.807, 2.05) is 0 Å². The highest BCUT2D eigenvalue weighted by atomic mass is 16.5. The zero-order valence-corrected chi connectivity index (χ0v) is 11.3. The molecule has 1 amide bonds. The van der Waals surface area contributed by atoms with Gasteiger partial charge in [-0.15, -0.1) is 0 Å². The summed E-state index contributed by atoms with van der Waals surface area (Å²) in [6.07, 6.45) is 6.31. The Bertz CT molecular complexity index is 325. The second-order valence-electron chi connectivity index (χ2n) is 5.54. The van der Waals surface area contributed by atoms with E-state index < -0.39 is 5.97 Å². The highest BCUT2D eigenvalue weighted by molar-refractivity contribution is 5.78. The molecule has 2 atom stereocenters. The van der Waals surface area contributed by atoms with Gasteiger partial charge in [-0.1, -0.05) is 0 Å². The number of carboxylic acids is 1. The molecule has 1 N–H and O–H groups in total. The summed E-state index contributed by atoms with van der Waals surface area (Å²) >= 11 is 0. The first-order chi connectivity index (χ1) is 9.16. The van der Waals surface area contributed by atoms with E-state index in [1.165, 1.54) is 6.42 Å². The smallest absolute Gasteiger partial charge is 0.308 e. The fourth-order valence-electron chi connectivity index (χ4n) is 2.88. The third-order valence-corrected chi connectivity index (χ3v) is 4.08. The number of carboxylic acid groups (broad SMARTS) is 1. The third kappa shape index (κ3) is 4.20. The molecule has 0 aromatic heterocycles. The molecule has 108 valence electrons. The first-order valence-corrected chi connectivity index (χ1v) is 7.29. The van der Waals surface area contributed by atoms with Crippen LogP contribution < -0.4 is 0 Å². The summed E-state index contributed by atoms with van der Waals surface area (Å²) in [5, 5.41) is 9.01. The lowest BCUT2D eigenvalue weighted by Gasteiger charge is -2.31. The number of rotatable bonds is 4. The fraction of sp³-hybridized carbons (Fsp3) is 0.857. The molecule has 2 fully saturated rings. The number of piperidine rings is 1. The Morgan fingerprint density at radius 2 is 2.05 bits per heavy atom. The summed E-state index contributed by atoms with van der Waals surface area (Å²) in [4.78, 5) is 24.8. The fourth-order valence-corrected chi connectivity index (χ4v) is 2.88. The van der Waals surface area contributed by atoms with Gasteiger partial charge in [0.15, 0.2) is 0 Å². The van der Waals surface area contributed by atoms with Gasteiger partial charge in [-0.25, -0.2) is 0 Å². The maximum absolute atomic E-state index is 12.1. The Morgan fingerprint density at radius 3 is 2.74 bits per heavy atom. The molecule has 0 aromatic carbocycles. The molecule has 0 radical (unpaired) electrons. The minimum atomic E-state index is -0.784. The van der Waals surface area contributed by atoms with Gasteiger partial charge in [0.2, 0.25) is 5.91 Å². The summed E-state index contributed by atoms with van der Waals surface area (Å²) < 4.78 is 5.61. The van der Waals surface area contributed by atoms with Crippen LogP contribution in [0.3, 0.4) is 0 Å². The van der Waals surface area contributed by atoms with Gasteiger partial charge in [0.1, 0.15) is 0 Å². The van der Waals surface area contributed by atoms with Crippen LogP contribution in [-0.4, -0.2) is 47.7 Å². The Balaban J connectivity index is 1.74. The second kappa shape index (κ2) is 6.89. The Hall–Kier alpha value is -1.10. The van der Waals surface area contributed by atoms with Crippen LogP contribution in [0.1, 0.15) is 44.9 Å². The van der Waals surface area contributed by atoms with Gasteiger partial charge in [-0.05, 0) is 38.5 Å². The van der Waals surface area contributed by atoms with E-state index in [4.69, 9.17) is 9.84 Å². The van der Waals surface area contributed by atoms with Crippen LogP contribution in [-0.2, 0) is 14.3 Å². The SMILES string of the molecule is O=C(O)[C@H]1CCCN(C(=O)CCC2CCCCO2)C1. The molecule has 2 saturated heterocycles. The summed E-state index contributed by atoms with van der Waals surface area (Å²) in [6, 6.07) is 0. The monoisotopic (exact) mass is 269 g/mol. The summed E-state index contributed by atoms with van der Waals surface area (Å²) in [5.74, 6) is -1.09. The Morgan fingerprint density at radius 1 is 1.21 bits per heavy atom. The van der Waals surface area contributed by atoms with Crippen molar-refractivity contribution in [3.63, 3.8) is 0 Å². The van der Waals surface area contributed by atoms with Crippen molar-refractivity contribution in [3.8, 4) is 0 Å². The highest BCUT2D eigenvalue weighted by Crippen LogP contribution is 2.20. The van der Waals surface area contributed by atoms with E-state index >= 15 is 0 Å². The predicted molar refractivity (Wildman–Crippen MR) is 69.8 cm³/mol. The Kier molecular flexibility index (Phi) is 5.19. The normalized spacial score (nSPS) is 28.1. The van der Waals surface area contributed by atoms with Gasteiger partial charge >= 0.3 is 5.97 Å². The molecular formula is C14H23NO4. The Labute approximate surface area is 113 Å². The van der Waals surface area contributed by atoms with Crippen molar-refractivity contribution in [1.82, 2.24) is 4.90 Å². The van der Waals surface area contributed by atoms with E-state index in [9.17, 15) is 9.59 Å². The van der Waals surface area contributed by atoms with E-state index in [0.717, 1.165) is 32.3 Å². The number of carbonyl (C=O) groups excluding carboxylic acids is 1. The number of nitrogens with zero attached hydrogens (tertiary/aromatic N) is 1. The van der Waals surface area contributed by atoms with E-state index in [1.54, 1.807) is 4.90 Å². The molecule has 5 heteroatoms. The van der Waals surface area contributed by atoms with Crippen LogP contribution in [0.15, 0.2) is 0 Å². The molecule has 2 aliphatic rings. The first kappa shape index (κ1) is 14.3. The molecule has 0 aliphatic carbocycles. The maximum Gasteiger partial charge on any atom is 0.308 e. The quantitative estimate of drug-likeness (QED) is 0.843. The van der Waals surface area contributed by atoms with Crippen LogP contribution in [0.2, 0.25) is 0 Å². The molecule has 1 unspecified atom stereocenters. The topological polar surface area (TPSA) is 66.8 Å². The van der Waals surface area contributed by atoms with Crippen LogP contribution in [0.4, 0.5) is 0 Å². The van der Waals surface area contributed by atoms with E-state index in [2.05, 4.69) is 0 Å². The van der Waals surface area contributed by atoms with Gasteiger partial charge in [-0.2, -0.15) is 0 Å². The lowest BCUT2D eigenvalue weighted by Crippen LogP contribution is -2.42. The van der Waals surface area contributed by atoms with Crippen molar-refractivity contribution in [1.29, 1.82) is 0 Å². The van der Waals surface area contributed by atoms with Gasteiger partial charge in [0.05, 0.1) is 12.0 Å². The zero-order valence-electron chi connectivity index (χ0n) is 11.3. The average Bonchev–Trinajstić information content (AvgIpc) is 2.46. The summed E-state index contributed by atoms with van der Waals surface area (Å²) in [6.45, 7) is 1.89. The molecule has 0 aromatic rings. The molecule has 0 saturated carbocycles. The number of amides is 1. The van der Waals surface area contributed by atoms with Crippen molar-refractivity contribution in [3.05, 3.63) is 0 Å². The number of ether oxygens (including phenoxy) is 1. The van der Waals surface area contributed by atoms with Crippen molar-refractivity contribution in [2.45, 2.75) is 51.0 Å². The standard InChI is InChI=1S/C14H23NO4/c16-13(7-6-12-5-1-2-9-19-12)15-8-3-4-11(10-15)14(17)18/h11-12H,1-10H2,(H,17,18)/t11-,12?/m0/s1. The van der Waals surface area contributed by atoms with Crippen LogP contribution in [0, 0.1) is 5.92 Å². The van der Waals surface area contributed by atoms with Crippen molar-refractivity contribution in [2.24, 2.45) is 5.92 Å². The lowest BCUT2D eigenvalue weighted by atomic mass is 9.97. The molecular weight excluding hydrogens is 246 g/mol. The van der Waals surface area contributed by atoms with Gasteiger partial charge in [0, 0.05) is 26.1 Å². The van der Waals surface area contributed by atoms with Crippen LogP contribution in [0.5, 0.6) is 0 Å². The minimum absolute atomic E-state index is 0.0834. The number of hydrogen-bond donors (Lipinski definition) is 1. The molecule has 5 nitrogen and oxygen atoms in total. The van der Waals surface area contributed by atoms with Crippen molar-refractivity contribution in [2.75, 3.05) is 19.7 Å². The third-order valence-electron chi connectivity index (χ3n) is 4.08. The van der Waals surface area contributed by atoms with Gasteiger partial charge < -0.3 is 14.7 Å². The highest BCUT2D eigenvalue weighted by Gasteiger charge is 2.28. The molecule has 2 heterocycles. The predicted octanol–water partition coefficient (Wildman–Crippen LogP) is 1.66. The maximum atomic E-state index is 12.1.